The zero-order valence-electron chi connectivity index (χ0n) is 17.3. The van der Waals surface area contributed by atoms with Gasteiger partial charge in [0.1, 0.15) is 0 Å². The van der Waals surface area contributed by atoms with Crippen molar-refractivity contribution < 1.29 is 4.79 Å². The summed E-state index contributed by atoms with van der Waals surface area (Å²) >= 11 is 0. The molecule has 0 saturated heterocycles. The number of amides is 1. The van der Waals surface area contributed by atoms with Crippen LogP contribution in [0.15, 0.2) is 78.5 Å². The van der Waals surface area contributed by atoms with Crippen molar-refractivity contribution in [2.45, 2.75) is 20.0 Å². The van der Waals surface area contributed by atoms with E-state index < -0.39 is 0 Å². The molecule has 3 aromatic rings. The minimum atomic E-state index is -0.111. The van der Waals surface area contributed by atoms with Crippen LogP contribution in [0.5, 0.6) is 0 Å². The lowest BCUT2D eigenvalue weighted by Gasteiger charge is -2.17. The average Bonchev–Trinajstić information content (AvgIpc) is 3.05. The SMILES string of the molecule is CC(Nc1ccc(CN(C)Cc2ccccc2)cc1)=C1C(=O)Nc2ccc(N)cc21. The van der Waals surface area contributed by atoms with Gasteiger partial charge in [-0.15, -0.1) is 0 Å². The van der Waals surface area contributed by atoms with E-state index in [9.17, 15) is 4.79 Å². The second-order valence-electron chi connectivity index (χ2n) is 7.74. The summed E-state index contributed by atoms with van der Waals surface area (Å²) in [6.07, 6.45) is 0. The van der Waals surface area contributed by atoms with Gasteiger partial charge in [-0.2, -0.15) is 0 Å². The van der Waals surface area contributed by atoms with Crippen molar-refractivity contribution in [3.05, 3.63) is 95.2 Å². The fourth-order valence-electron chi connectivity index (χ4n) is 3.79. The fourth-order valence-corrected chi connectivity index (χ4v) is 3.79. The predicted octanol–water partition coefficient (Wildman–Crippen LogP) is 4.70. The Morgan fingerprint density at radius 1 is 0.967 bits per heavy atom. The Bertz CT molecular complexity index is 1090. The van der Waals surface area contributed by atoms with E-state index in [1.54, 1.807) is 6.07 Å². The van der Waals surface area contributed by atoms with E-state index in [0.717, 1.165) is 35.7 Å². The summed E-state index contributed by atoms with van der Waals surface area (Å²) in [5.41, 5.74) is 13.1. The third-order valence-corrected chi connectivity index (χ3v) is 5.20. The van der Waals surface area contributed by atoms with E-state index in [-0.39, 0.29) is 5.91 Å². The smallest absolute Gasteiger partial charge is 0.258 e. The number of hydrogen-bond donors (Lipinski definition) is 3. The number of fused-ring (bicyclic) bond motifs is 1. The first-order chi connectivity index (χ1) is 14.5. The van der Waals surface area contributed by atoms with Crippen LogP contribution in [0.4, 0.5) is 17.1 Å². The second-order valence-corrected chi connectivity index (χ2v) is 7.74. The first-order valence-electron chi connectivity index (χ1n) is 10.00. The van der Waals surface area contributed by atoms with Crippen LogP contribution in [-0.2, 0) is 17.9 Å². The lowest BCUT2D eigenvalue weighted by molar-refractivity contribution is -0.110. The zero-order valence-corrected chi connectivity index (χ0v) is 17.3. The molecule has 0 saturated carbocycles. The standard InChI is InChI=1S/C25H26N4O/c1-17(24-22-14-20(26)10-13-23(22)28-25(24)30)27-21-11-8-19(9-12-21)16-29(2)15-18-6-4-3-5-7-18/h3-14,27H,15-16,26H2,1-2H3,(H,28,30). The van der Waals surface area contributed by atoms with Crippen LogP contribution in [0.25, 0.3) is 5.57 Å². The minimum Gasteiger partial charge on any atom is -0.399 e. The van der Waals surface area contributed by atoms with Gasteiger partial charge in [0.05, 0.1) is 5.57 Å². The first kappa shape index (κ1) is 19.7. The van der Waals surface area contributed by atoms with E-state index >= 15 is 0 Å². The maximum Gasteiger partial charge on any atom is 0.258 e. The van der Waals surface area contributed by atoms with Gasteiger partial charge in [-0.1, -0.05) is 42.5 Å². The predicted molar refractivity (Wildman–Crippen MR) is 124 cm³/mol. The number of carbonyl (C=O) groups excluding carboxylic acids is 1. The molecule has 1 aliphatic rings. The minimum absolute atomic E-state index is 0.111. The van der Waals surface area contributed by atoms with Gasteiger partial charge in [-0.25, -0.2) is 0 Å². The Morgan fingerprint density at radius 2 is 1.63 bits per heavy atom. The van der Waals surface area contributed by atoms with Gasteiger partial charge < -0.3 is 16.4 Å². The Balaban J connectivity index is 1.44. The molecule has 1 aliphatic heterocycles. The van der Waals surface area contributed by atoms with Crippen LogP contribution < -0.4 is 16.4 Å². The largest absolute Gasteiger partial charge is 0.399 e. The van der Waals surface area contributed by atoms with E-state index in [1.165, 1.54) is 11.1 Å². The third kappa shape index (κ3) is 4.36. The van der Waals surface area contributed by atoms with E-state index in [0.29, 0.717) is 11.3 Å². The molecule has 1 heterocycles. The number of nitrogen functional groups attached to an aromatic ring is 1. The summed E-state index contributed by atoms with van der Waals surface area (Å²) in [4.78, 5) is 14.7. The molecule has 1 amide bonds. The van der Waals surface area contributed by atoms with Crippen LogP contribution >= 0.6 is 0 Å². The van der Waals surface area contributed by atoms with Gasteiger partial charge in [0.25, 0.3) is 5.91 Å². The first-order valence-corrected chi connectivity index (χ1v) is 10.00. The molecule has 5 nitrogen and oxygen atoms in total. The highest BCUT2D eigenvalue weighted by Gasteiger charge is 2.26. The summed E-state index contributed by atoms with van der Waals surface area (Å²) < 4.78 is 0. The molecule has 0 atom stereocenters. The highest BCUT2D eigenvalue weighted by atomic mass is 16.2. The summed E-state index contributed by atoms with van der Waals surface area (Å²) in [6, 6.07) is 24.2. The summed E-state index contributed by atoms with van der Waals surface area (Å²) in [5.74, 6) is -0.111. The van der Waals surface area contributed by atoms with Crippen molar-refractivity contribution in [1.82, 2.24) is 4.90 Å². The quantitative estimate of drug-likeness (QED) is 0.416. The van der Waals surface area contributed by atoms with Crippen molar-refractivity contribution in [3.8, 4) is 0 Å². The number of benzene rings is 3. The third-order valence-electron chi connectivity index (χ3n) is 5.20. The number of carbonyl (C=O) groups is 1. The molecule has 0 unspecified atom stereocenters. The Hall–Kier alpha value is -3.57. The molecule has 0 aliphatic carbocycles. The number of hydrogen-bond acceptors (Lipinski definition) is 4. The molecule has 0 spiro atoms. The van der Waals surface area contributed by atoms with Gasteiger partial charge >= 0.3 is 0 Å². The fraction of sp³-hybridized carbons (Fsp3) is 0.160. The van der Waals surface area contributed by atoms with Crippen molar-refractivity contribution in [2.75, 3.05) is 23.4 Å². The van der Waals surface area contributed by atoms with Crippen LogP contribution in [0.2, 0.25) is 0 Å². The van der Waals surface area contributed by atoms with Gasteiger partial charge in [0.2, 0.25) is 0 Å². The highest BCUT2D eigenvalue weighted by Crippen LogP contribution is 2.35. The normalized spacial score (nSPS) is 14.4. The van der Waals surface area contributed by atoms with Gasteiger partial charge in [-0.05, 0) is 55.4 Å². The maximum atomic E-state index is 12.4. The van der Waals surface area contributed by atoms with Crippen LogP contribution in [0.3, 0.4) is 0 Å². The molecule has 152 valence electrons. The van der Waals surface area contributed by atoms with Gasteiger partial charge in [-0.3, -0.25) is 9.69 Å². The lowest BCUT2D eigenvalue weighted by Crippen LogP contribution is -2.17. The molecule has 30 heavy (non-hydrogen) atoms. The number of anilines is 3. The average molecular weight is 399 g/mol. The van der Waals surface area contributed by atoms with Crippen molar-refractivity contribution >= 4 is 28.5 Å². The van der Waals surface area contributed by atoms with Gasteiger partial charge in [0, 0.05) is 41.4 Å². The molecule has 0 fully saturated rings. The summed E-state index contributed by atoms with van der Waals surface area (Å²) in [6.45, 7) is 3.68. The second kappa shape index (κ2) is 8.43. The Kier molecular flexibility index (Phi) is 5.55. The lowest BCUT2D eigenvalue weighted by atomic mass is 10.0. The molecule has 0 aromatic heterocycles. The number of nitrogens with two attached hydrogens (primary N) is 1. The molecular formula is C25H26N4O. The number of nitrogens with zero attached hydrogens (tertiary/aromatic N) is 1. The highest BCUT2D eigenvalue weighted by molar-refractivity contribution is 6.32. The molecule has 5 heteroatoms. The number of rotatable bonds is 6. The summed E-state index contributed by atoms with van der Waals surface area (Å²) in [7, 11) is 2.12. The molecule has 4 N–H and O–H groups in total. The molecule has 0 radical (unpaired) electrons. The maximum absolute atomic E-state index is 12.4. The van der Waals surface area contributed by atoms with E-state index in [1.807, 2.05) is 37.3 Å². The molecule has 0 bridgehead atoms. The Labute approximate surface area is 177 Å². The molecule has 3 aromatic carbocycles. The van der Waals surface area contributed by atoms with E-state index in [2.05, 4.69) is 59.0 Å². The van der Waals surface area contributed by atoms with Gasteiger partial charge in [0.15, 0.2) is 0 Å². The zero-order chi connectivity index (χ0) is 21.1. The van der Waals surface area contributed by atoms with Crippen LogP contribution in [-0.4, -0.2) is 17.9 Å². The van der Waals surface area contributed by atoms with Crippen LogP contribution in [0, 0.1) is 0 Å². The molecular weight excluding hydrogens is 372 g/mol. The number of allylic oxidation sites excluding steroid dienone is 1. The Morgan fingerprint density at radius 3 is 2.33 bits per heavy atom. The summed E-state index contributed by atoms with van der Waals surface area (Å²) in [5, 5.41) is 6.25. The van der Waals surface area contributed by atoms with E-state index in [4.69, 9.17) is 5.73 Å². The number of nitrogens with one attached hydrogen (secondary N) is 2. The van der Waals surface area contributed by atoms with Crippen molar-refractivity contribution in [1.29, 1.82) is 0 Å². The van der Waals surface area contributed by atoms with Crippen LogP contribution in [0.1, 0.15) is 23.6 Å². The monoisotopic (exact) mass is 398 g/mol. The van der Waals surface area contributed by atoms with Crippen molar-refractivity contribution in [3.63, 3.8) is 0 Å². The topological polar surface area (TPSA) is 70.4 Å². The molecule has 4 rings (SSSR count). The van der Waals surface area contributed by atoms with Crippen molar-refractivity contribution in [2.24, 2.45) is 0 Å².